The van der Waals surface area contributed by atoms with Crippen molar-refractivity contribution in [1.82, 2.24) is 14.8 Å². The van der Waals surface area contributed by atoms with Crippen molar-refractivity contribution in [3.8, 4) is 17.1 Å². The lowest BCUT2D eigenvalue weighted by atomic mass is 10.1. The summed E-state index contributed by atoms with van der Waals surface area (Å²) in [5.41, 5.74) is 5.78. The quantitative estimate of drug-likeness (QED) is 0.533. The maximum atomic E-state index is 12.9. The molecule has 1 amide bonds. The molecule has 5 heteroatoms. The molecule has 0 fully saturated rings. The minimum Gasteiger partial charge on any atom is -0.319 e. The Hall–Kier alpha value is -3.73. The van der Waals surface area contributed by atoms with Crippen LogP contribution in [0.25, 0.3) is 17.1 Å². The number of anilines is 1. The van der Waals surface area contributed by atoms with Gasteiger partial charge in [-0.15, -0.1) is 5.10 Å². The third kappa shape index (κ3) is 4.09. The van der Waals surface area contributed by atoms with Crippen molar-refractivity contribution in [2.45, 2.75) is 20.8 Å². The van der Waals surface area contributed by atoms with Gasteiger partial charge in [0.25, 0.3) is 5.91 Å². The molecule has 0 spiro atoms. The predicted molar refractivity (Wildman–Crippen MR) is 115 cm³/mol. The van der Waals surface area contributed by atoms with Gasteiger partial charge < -0.3 is 5.32 Å². The molecule has 29 heavy (non-hydrogen) atoms. The van der Waals surface area contributed by atoms with E-state index in [1.54, 1.807) is 4.68 Å². The van der Waals surface area contributed by atoms with Gasteiger partial charge >= 0.3 is 0 Å². The van der Waals surface area contributed by atoms with Crippen LogP contribution in [-0.2, 0) is 0 Å². The van der Waals surface area contributed by atoms with Gasteiger partial charge in [-0.2, -0.15) is 0 Å². The van der Waals surface area contributed by atoms with Gasteiger partial charge in [0.05, 0.1) is 5.69 Å². The molecule has 1 heterocycles. The Kier molecular flexibility index (Phi) is 4.96. The monoisotopic (exact) mass is 382 g/mol. The normalized spacial score (nSPS) is 10.7. The zero-order valence-electron chi connectivity index (χ0n) is 16.7. The molecule has 0 aliphatic rings. The summed E-state index contributed by atoms with van der Waals surface area (Å²) < 4.78 is 1.72. The molecule has 0 aliphatic carbocycles. The fraction of sp³-hybridized carbons (Fsp3) is 0.125. The molecule has 0 saturated heterocycles. The first-order chi connectivity index (χ1) is 14.0. The van der Waals surface area contributed by atoms with E-state index in [2.05, 4.69) is 21.5 Å². The SMILES string of the molecule is Cc1cc(C)cc(NC(=O)c2nc(-c3ccccc3)n(-c3cccc(C)c3)n2)c1. The summed E-state index contributed by atoms with van der Waals surface area (Å²) in [6.45, 7) is 6.03. The van der Waals surface area contributed by atoms with Gasteiger partial charge in [0.2, 0.25) is 5.82 Å². The standard InChI is InChI=1S/C24H22N4O/c1-16-8-7-11-21(15-16)28-23(19-9-5-4-6-10-19)26-22(27-28)24(29)25-20-13-17(2)12-18(3)14-20/h4-15H,1-3H3,(H,25,29). The number of carbonyl (C=O) groups excluding carboxylic acids is 1. The Bertz CT molecular complexity index is 1160. The second-order valence-corrected chi connectivity index (χ2v) is 7.21. The lowest BCUT2D eigenvalue weighted by Gasteiger charge is -2.06. The van der Waals surface area contributed by atoms with Gasteiger partial charge in [-0.05, 0) is 61.7 Å². The molecular formula is C24H22N4O. The average Bonchev–Trinajstić information content (AvgIpc) is 3.13. The van der Waals surface area contributed by atoms with Crippen molar-refractivity contribution in [2.75, 3.05) is 5.32 Å². The van der Waals surface area contributed by atoms with Crippen molar-refractivity contribution in [3.63, 3.8) is 0 Å². The van der Waals surface area contributed by atoms with Crippen molar-refractivity contribution < 1.29 is 4.79 Å². The number of aromatic nitrogens is 3. The molecule has 0 aliphatic heterocycles. The number of hydrogen-bond acceptors (Lipinski definition) is 3. The summed E-state index contributed by atoms with van der Waals surface area (Å²) in [6, 6.07) is 23.7. The van der Waals surface area contributed by atoms with Crippen LogP contribution >= 0.6 is 0 Å². The van der Waals surface area contributed by atoms with Gasteiger partial charge in [0.1, 0.15) is 0 Å². The smallest absolute Gasteiger partial charge is 0.295 e. The van der Waals surface area contributed by atoms with Gasteiger partial charge in [-0.1, -0.05) is 48.5 Å². The van der Waals surface area contributed by atoms with Gasteiger partial charge in [0.15, 0.2) is 5.82 Å². The fourth-order valence-electron chi connectivity index (χ4n) is 3.36. The molecule has 0 bridgehead atoms. The number of carbonyl (C=O) groups is 1. The van der Waals surface area contributed by atoms with Crippen molar-refractivity contribution >= 4 is 11.6 Å². The largest absolute Gasteiger partial charge is 0.319 e. The van der Waals surface area contributed by atoms with Gasteiger partial charge in [-0.25, -0.2) is 9.67 Å². The Morgan fingerprint density at radius 2 is 1.55 bits per heavy atom. The van der Waals surface area contributed by atoms with E-state index in [1.165, 1.54) is 0 Å². The highest BCUT2D eigenvalue weighted by atomic mass is 16.2. The number of hydrogen-bond donors (Lipinski definition) is 1. The van der Waals surface area contributed by atoms with Crippen LogP contribution in [0.5, 0.6) is 0 Å². The molecule has 1 N–H and O–H groups in total. The van der Waals surface area contributed by atoms with Crippen LogP contribution in [0, 0.1) is 20.8 Å². The van der Waals surface area contributed by atoms with Gasteiger partial charge in [-0.3, -0.25) is 4.79 Å². The van der Waals surface area contributed by atoms with E-state index in [1.807, 2.05) is 87.5 Å². The van der Waals surface area contributed by atoms with Crippen LogP contribution in [0.2, 0.25) is 0 Å². The number of benzene rings is 3. The lowest BCUT2D eigenvalue weighted by Crippen LogP contribution is -2.14. The molecule has 0 atom stereocenters. The van der Waals surface area contributed by atoms with E-state index in [0.29, 0.717) is 5.82 Å². The molecule has 1 aromatic heterocycles. The van der Waals surface area contributed by atoms with Crippen LogP contribution in [0.4, 0.5) is 5.69 Å². The Morgan fingerprint density at radius 3 is 2.24 bits per heavy atom. The Balaban J connectivity index is 1.75. The van der Waals surface area contributed by atoms with Crippen LogP contribution in [0.3, 0.4) is 0 Å². The van der Waals surface area contributed by atoms with E-state index < -0.39 is 0 Å². The molecular weight excluding hydrogens is 360 g/mol. The van der Waals surface area contributed by atoms with Crippen molar-refractivity contribution in [2.24, 2.45) is 0 Å². The second kappa shape index (κ2) is 7.72. The highest BCUT2D eigenvalue weighted by molar-refractivity contribution is 6.02. The number of nitrogens with zero attached hydrogens (tertiary/aromatic N) is 3. The van der Waals surface area contributed by atoms with Crippen molar-refractivity contribution in [3.05, 3.63) is 95.3 Å². The van der Waals surface area contributed by atoms with Crippen LogP contribution in [0.1, 0.15) is 27.3 Å². The first-order valence-corrected chi connectivity index (χ1v) is 9.49. The number of rotatable bonds is 4. The summed E-state index contributed by atoms with van der Waals surface area (Å²) in [4.78, 5) is 17.4. The third-order valence-corrected chi connectivity index (χ3v) is 4.57. The summed E-state index contributed by atoms with van der Waals surface area (Å²) in [7, 11) is 0. The maximum Gasteiger partial charge on any atom is 0.295 e. The molecule has 5 nitrogen and oxygen atoms in total. The summed E-state index contributed by atoms with van der Waals surface area (Å²) in [5, 5.41) is 7.45. The molecule has 144 valence electrons. The van der Waals surface area contributed by atoms with E-state index in [9.17, 15) is 4.79 Å². The Morgan fingerprint density at radius 1 is 0.828 bits per heavy atom. The number of amides is 1. The zero-order valence-corrected chi connectivity index (χ0v) is 16.7. The number of nitrogens with one attached hydrogen (secondary N) is 1. The topological polar surface area (TPSA) is 59.8 Å². The minimum absolute atomic E-state index is 0.129. The first kappa shape index (κ1) is 18.6. The van der Waals surface area contributed by atoms with Crippen molar-refractivity contribution in [1.29, 1.82) is 0 Å². The predicted octanol–water partition coefficient (Wildman–Crippen LogP) is 5.11. The van der Waals surface area contributed by atoms with Crippen LogP contribution < -0.4 is 5.32 Å². The molecule has 4 rings (SSSR count). The lowest BCUT2D eigenvalue weighted by molar-refractivity contribution is 0.101. The summed E-state index contributed by atoms with van der Waals surface area (Å²) >= 11 is 0. The first-order valence-electron chi connectivity index (χ1n) is 9.49. The maximum absolute atomic E-state index is 12.9. The van der Waals surface area contributed by atoms with E-state index in [0.717, 1.165) is 33.6 Å². The van der Waals surface area contributed by atoms with Crippen LogP contribution in [0.15, 0.2) is 72.8 Å². The molecule has 3 aromatic carbocycles. The average molecular weight is 382 g/mol. The highest BCUT2D eigenvalue weighted by Crippen LogP contribution is 2.22. The molecule has 0 radical (unpaired) electrons. The molecule has 4 aromatic rings. The van der Waals surface area contributed by atoms with E-state index >= 15 is 0 Å². The Labute approximate surface area is 170 Å². The molecule has 0 unspecified atom stereocenters. The van der Waals surface area contributed by atoms with E-state index in [4.69, 9.17) is 0 Å². The van der Waals surface area contributed by atoms with E-state index in [-0.39, 0.29) is 11.7 Å². The van der Waals surface area contributed by atoms with Crippen LogP contribution in [-0.4, -0.2) is 20.7 Å². The number of aryl methyl sites for hydroxylation is 3. The summed E-state index contributed by atoms with van der Waals surface area (Å²) in [6.07, 6.45) is 0. The fourth-order valence-corrected chi connectivity index (χ4v) is 3.36. The third-order valence-electron chi connectivity index (χ3n) is 4.57. The highest BCUT2D eigenvalue weighted by Gasteiger charge is 2.19. The second-order valence-electron chi connectivity index (χ2n) is 7.21. The molecule has 0 saturated carbocycles. The van der Waals surface area contributed by atoms with Gasteiger partial charge in [0, 0.05) is 11.3 Å². The summed E-state index contributed by atoms with van der Waals surface area (Å²) in [5.74, 6) is 0.421. The zero-order chi connectivity index (χ0) is 20.4. The minimum atomic E-state index is -0.335.